The number of aliphatic carboxylic acids is 1. The van der Waals surface area contributed by atoms with Gasteiger partial charge in [0.2, 0.25) is 5.91 Å². The molecule has 2 rings (SSSR count). The van der Waals surface area contributed by atoms with Crippen LogP contribution in [0.3, 0.4) is 0 Å². The van der Waals surface area contributed by atoms with Crippen molar-refractivity contribution in [1.82, 2.24) is 5.32 Å². The Labute approximate surface area is 123 Å². The van der Waals surface area contributed by atoms with E-state index in [4.69, 9.17) is 16.7 Å². The number of nitrogens with one attached hydrogen (secondary N) is 1. The van der Waals surface area contributed by atoms with Gasteiger partial charge in [-0.3, -0.25) is 9.59 Å². The first-order valence-electron chi connectivity index (χ1n) is 6.54. The number of hydrogen-bond donors (Lipinski definition) is 2. The van der Waals surface area contributed by atoms with Crippen LogP contribution in [0.2, 0.25) is 5.02 Å². The van der Waals surface area contributed by atoms with Gasteiger partial charge in [-0.05, 0) is 24.0 Å². The Morgan fingerprint density at radius 1 is 1.30 bits per heavy atom. The molecule has 0 aromatic heterocycles. The second-order valence-corrected chi connectivity index (χ2v) is 6.27. The Hall–Kier alpha value is -1.55. The van der Waals surface area contributed by atoms with E-state index in [1.807, 2.05) is 25.1 Å². The second-order valence-electron chi connectivity index (χ2n) is 5.87. The summed E-state index contributed by atoms with van der Waals surface area (Å²) < 4.78 is 0. The number of carbonyl (C=O) groups excluding carboxylic acids is 1. The van der Waals surface area contributed by atoms with Crippen molar-refractivity contribution >= 4 is 23.5 Å². The predicted octanol–water partition coefficient (Wildman–Crippen LogP) is 2.87. The first-order valence-corrected chi connectivity index (χ1v) is 6.92. The molecular weight excluding hydrogens is 278 g/mol. The molecule has 3 unspecified atom stereocenters. The Kier molecular flexibility index (Phi) is 3.78. The van der Waals surface area contributed by atoms with Crippen LogP contribution in [0.1, 0.15) is 32.4 Å². The van der Waals surface area contributed by atoms with Crippen molar-refractivity contribution in [3.8, 4) is 0 Å². The number of benzene rings is 1. The molecule has 1 amide bonds. The molecule has 0 spiro atoms. The van der Waals surface area contributed by atoms with Crippen molar-refractivity contribution in [2.45, 2.75) is 26.8 Å². The monoisotopic (exact) mass is 295 g/mol. The molecule has 1 aromatic carbocycles. The normalized spacial score (nSPS) is 24.8. The molecule has 4 nitrogen and oxygen atoms in total. The highest BCUT2D eigenvalue weighted by molar-refractivity contribution is 6.31. The van der Waals surface area contributed by atoms with E-state index in [1.54, 1.807) is 19.9 Å². The molecule has 1 fully saturated rings. The minimum absolute atomic E-state index is 0.227. The van der Waals surface area contributed by atoms with Crippen molar-refractivity contribution in [2.75, 3.05) is 0 Å². The Morgan fingerprint density at radius 2 is 1.90 bits per heavy atom. The van der Waals surface area contributed by atoms with Crippen LogP contribution in [0.4, 0.5) is 0 Å². The number of carboxylic acid groups (broad SMARTS) is 1. The van der Waals surface area contributed by atoms with Gasteiger partial charge in [0, 0.05) is 5.02 Å². The van der Waals surface area contributed by atoms with Gasteiger partial charge in [-0.15, -0.1) is 0 Å². The average molecular weight is 296 g/mol. The van der Waals surface area contributed by atoms with Crippen LogP contribution in [0.15, 0.2) is 24.3 Å². The fourth-order valence-corrected chi connectivity index (χ4v) is 3.09. The summed E-state index contributed by atoms with van der Waals surface area (Å²) in [5, 5.41) is 12.5. The molecule has 20 heavy (non-hydrogen) atoms. The molecule has 3 atom stereocenters. The summed E-state index contributed by atoms with van der Waals surface area (Å²) in [6, 6.07) is 7.04. The van der Waals surface area contributed by atoms with Gasteiger partial charge in [0.1, 0.15) is 0 Å². The van der Waals surface area contributed by atoms with Crippen LogP contribution in [0.25, 0.3) is 0 Å². The first-order chi connectivity index (χ1) is 9.26. The molecule has 1 aliphatic rings. The zero-order chi connectivity index (χ0) is 15.1. The summed E-state index contributed by atoms with van der Waals surface area (Å²) in [5.74, 6) is -2.23. The molecule has 0 radical (unpaired) electrons. The standard InChI is InChI=1S/C15H18ClNO3/c1-8(9-6-4-5-7-10(9)16)17-13(18)11-12(14(19)20)15(11,2)3/h4-8,11-12H,1-3H3,(H,17,18)(H,19,20). The molecule has 0 heterocycles. The van der Waals surface area contributed by atoms with Crippen molar-refractivity contribution in [1.29, 1.82) is 0 Å². The summed E-state index contributed by atoms with van der Waals surface area (Å²) in [6.45, 7) is 5.44. The lowest BCUT2D eigenvalue weighted by molar-refractivity contribution is -0.140. The largest absolute Gasteiger partial charge is 0.481 e. The summed E-state index contributed by atoms with van der Waals surface area (Å²) in [4.78, 5) is 23.3. The molecule has 0 aliphatic heterocycles. The third kappa shape index (κ3) is 2.52. The number of amides is 1. The van der Waals surface area contributed by atoms with Crippen molar-refractivity contribution in [2.24, 2.45) is 17.3 Å². The summed E-state index contributed by atoms with van der Waals surface area (Å²) >= 11 is 6.09. The van der Waals surface area contributed by atoms with Gasteiger partial charge in [0.25, 0.3) is 0 Å². The molecule has 5 heteroatoms. The molecular formula is C15H18ClNO3. The Morgan fingerprint density at radius 3 is 2.40 bits per heavy atom. The van der Waals surface area contributed by atoms with E-state index in [0.717, 1.165) is 5.56 Å². The molecule has 1 aromatic rings. The van der Waals surface area contributed by atoms with Crippen LogP contribution >= 0.6 is 11.6 Å². The van der Waals surface area contributed by atoms with E-state index < -0.39 is 23.2 Å². The lowest BCUT2D eigenvalue weighted by Crippen LogP contribution is -2.30. The van der Waals surface area contributed by atoms with Gasteiger partial charge in [-0.2, -0.15) is 0 Å². The highest BCUT2D eigenvalue weighted by Crippen LogP contribution is 2.58. The SMILES string of the molecule is CC(NC(=O)C1C(C(=O)O)C1(C)C)c1ccccc1Cl. The van der Waals surface area contributed by atoms with Crippen LogP contribution in [0, 0.1) is 17.3 Å². The van der Waals surface area contributed by atoms with Crippen molar-refractivity contribution < 1.29 is 14.7 Å². The van der Waals surface area contributed by atoms with Gasteiger partial charge in [-0.1, -0.05) is 43.6 Å². The molecule has 1 aliphatic carbocycles. The van der Waals surface area contributed by atoms with E-state index in [2.05, 4.69) is 5.32 Å². The maximum atomic E-state index is 12.2. The predicted molar refractivity (Wildman–Crippen MR) is 76.4 cm³/mol. The summed E-state index contributed by atoms with van der Waals surface area (Å²) in [6.07, 6.45) is 0. The minimum Gasteiger partial charge on any atom is -0.481 e. The van der Waals surface area contributed by atoms with E-state index in [-0.39, 0.29) is 11.9 Å². The van der Waals surface area contributed by atoms with Gasteiger partial charge in [0.15, 0.2) is 0 Å². The average Bonchev–Trinajstić information content (AvgIpc) is 2.93. The zero-order valence-electron chi connectivity index (χ0n) is 11.7. The molecule has 2 N–H and O–H groups in total. The number of carbonyl (C=O) groups is 2. The highest BCUT2D eigenvalue weighted by Gasteiger charge is 2.65. The smallest absolute Gasteiger partial charge is 0.307 e. The lowest BCUT2D eigenvalue weighted by Gasteiger charge is -2.16. The zero-order valence-corrected chi connectivity index (χ0v) is 12.4. The van der Waals surface area contributed by atoms with Crippen LogP contribution in [0.5, 0.6) is 0 Å². The quantitative estimate of drug-likeness (QED) is 0.897. The first kappa shape index (κ1) is 14.9. The van der Waals surface area contributed by atoms with Gasteiger partial charge < -0.3 is 10.4 Å². The van der Waals surface area contributed by atoms with E-state index in [9.17, 15) is 9.59 Å². The van der Waals surface area contributed by atoms with E-state index in [0.29, 0.717) is 5.02 Å². The molecule has 0 saturated heterocycles. The number of hydrogen-bond acceptors (Lipinski definition) is 2. The van der Waals surface area contributed by atoms with Crippen LogP contribution in [-0.2, 0) is 9.59 Å². The lowest BCUT2D eigenvalue weighted by atomic mass is 10.1. The van der Waals surface area contributed by atoms with Crippen molar-refractivity contribution in [3.63, 3.8) is 0 Å². The number of halogens is 1. The third-order valence-electron chi connectivity index (χ3n) is 4.11. The Balaban J connectivity index is 2.07. The fourth-order valence-electron chi connectivity index (χ4n) is 2.80. The fraction of sp³-hybridized carbons (Fsp3) is 0.467. The summed E-state index contributed by atoms with van der Waals surface area (Å²) in [5.41, 5.74) is 0.337. The van der Waals surface area contributed by atoms with Crippen LogP contribution in [-0.4, -0.2) is 17.0 Å². The Bertz CT molecular complexity index is 556. The molecule has 0 bridgehead atoms. The number of carboxylic acids is 1. The molecule has 1 saturated carbocycles. The van der Waals surface area contributed by atoms with Gasteiger partial charge in [-0.25, -0.2) is 0 Å². The third-order valence-corrected chi connectivity index (χ3v) is 4.45. The second kappa shape index (κ2) is 5.09. The van der Waals surface area contributed by atoms with E-state index >= 15 is 0 Å². The van der Waals surface area contributed by atoms with Gasteiger partial charge in [0.05, 0.1) is 17.9 Å². The highest BCUT2D eigenvalue weighted by atomic mass is 35.5. The minimum atomic E-state index is -0.916. The topological polar surface area (TPSA) is 66.4 Å². The maximum absolute atomic E-state index is 12.2. The summed E-state index contributed by atoms with van der Waals surface area (Å²) in [7, 11) is 0. The number of rotatable bonds is 4. The van der Waals surface area contributed by atoms with Gasteiger partial charge >= 0.3 is 5.97 Å². The van der Waals surface area contributed by atoms with Crippen molar-refractivity contribution in [3.05, 3.63) is 34.9 Å². The maximum Gasteiger partial charge on any atom is 0.307 e. The molecule has 108 valence electrons. The van der Waals surface area contributed by atoms with E-state index in [1.165, 1.54) is 0 Å². The van der Waals surface area contributed by atoms with Crippen LogP contribution < -0.4 is 5.32 Å².